The predicted octanol–water partition coefficient (Wildman–Crippen LogP) is 1.75. The molecule has 4 nitrogen and oxygen atoms in total. The Kier molecular flexibility index (Phi) is 10.4. The average Bonchev–Trinajstić information content (AvgIpc) is 2.44. The second-order valence-corrected chi connectivity index (χ2v) is 5.39. The highest BCUT2D eigenvalue weighted by Crippen LogP contribution is 2.16. The number of likely N-dealkylation sites (tertiary alicyclic amines) is 1. The first kappa shape index (κ1) is 16.9. The molecule has 0 unspecified atom stereocenters. The molecule has 1 aliphatic heterocycles. The van der Waals surface area contributed by atoms with Crippen LogP contribution in [0.1, 0.15) is 32.6 Å². The Bertz CT molecular complexity index is 195. The molecule has 0 amide bonds. The van der Waals surface area contributed by atoms with E-state index in [-0.39, 0.29) is 0 Å². The third-order valence-corrected chi connectivity index (χ3v) is 3.81. The molecule has 1 aliphatic rings. The first-order valence-corrected chi connectivity index (χ1v) is 7.86. The highest BCUT2D eigenvalue weighted by atomic mass is 16.5. The topological polar surface area (TPSA) is 33.7 Å². The van der Waals surface area contributed by atoms with Crippen LogP contribution in [0.15, 0.2) is 0 Å². The lowest BCUT2D eigenvalue weighted by atomic mass is 9.98. The zero-order valence-corrected chi connectivity index (χ0v) is 12.8. The number of hydrogen-bond acceptors (Lipinski definition) is 4. The molecule has 0 aromatic heterocycles. The highest BCUT2D eigenvalue weighted by Gasteiger charge is 2.18. The van der Waals surface area contributed by atoms with Crippen molar-refractivity contribution >= 4 is 0 Å². The number of hydrogen-bond donors (Lipinski definition) is 1. The van der Waals surface area contributed by atoms with Crippen LogP contribution in [0.25, 0.3) is 0 Å². The monoisotopic (exact) mass is 272 g/mol. The highest BCUT2D eigenvalue weighted by molar-refractivity contribution is 4.72. The van der Waals surface area contributed by atoms with Gasteiger partial charge in [-0.25, -0.2) is 0 Å². The molecule has 1 heterocycles. The predicted molar refractivity (Wildman–Crippen MR) is 79.6 cm³/mol. The van der Waals surface area contributed by atoms with Crippen molar-refractivity contribution in [3.8, 4) is 0 Å². The largest absolute Gasteiger partial charge is 0.384 e. The minimum Gasteiger partial charge on any atom is -0.384 e. The minimum absolute atomic E-state index is 0.785. The molecular weight excluding hydrogens is 240 g/mol. The van der Waals surface area contributed by atoms with E-state index < -0.39 is 0 Å². The summed E-state index contributed by atoms with van der Waals surface area (Å²) in [6.45, 7) is 10.6. The molecule has 1 rings (SSSR count). The maximum atomic E-state index is 5.32. The maximum absolute atomic E-state index is 5.32. The molecule has 0 aromatic rings. The number of unbranched alkanes of at least 4 members (excludes halogenated alkanes) is 1. The van der Waals surface area contributed by atoms with Gasteiger partial charge in [0.05, 0.1) is 0 Å². The number of rotatable bonds is 11. The van der Waals surface area contributed by atoms with Crippen LogP contribution >= 0.6 is 0 Å². The summed E-state index contributed by atoms with van der Waals surface area (Å²) in [6, 6.07) is 0. The van der Waals surface area contributed by atoms with E-state index in [0.717, 1.165) is 38.8 Å². The standard InChI is InChI=1S/C15H32N2O2/c1-3-19-13-5-4-8-16-9-12-17-10-6-15(7-11-17)14-18-2/h15-16H,3-14H2,1-2H3. The molecule has 1 N–H and O–H groups in total. The summed E-state index contributed by atoms with van der Waals surface area (Å²) in [5.41, 5.74) is 0. The number of piperidine rings is 1. The first-order chi connectivity index (χ1) is 9.36. The van der Waals surface area contributed by atoms with E-state index in [4.69, 9.17) is 9.47 Å². The van der Waals surface area contributed by atoms with Crippen molar-refractivity contribution < 1.29 is 9.47 Å². The Morgan fingerprint density at radius 1 is 1.16 bits per heavy atom. The van der Waals surface area contributed by atoms with Gasteiger partial charge in [-0.3, -0.25) is 0 Å². The lowest BCUT2D eigenvalue weighted by Crippen LogP contribution is -2.39. The van der Waals surface area contributed by atoms with Gasteiger partial charge >= 0.3 is 0 Å². The van der Waals surface area contributed by atoms with Crippen LogP contribution in [0, 0.1) is 5.92 Å². The van der Waals surface area contributed by atoms with Crippen molar-refractivity contribution in [2.75, 3.05) is 59.7 Å². The van der Waals surface area contributed by atoms with Gasteiger partial charge in [0.1, 0.15) is 0 Å². The van der Waals surface area contributed by atoms with E-state index in [1.165, 1.54) is 45.3 Å². The van der Waals surface area contributed by atoms with E-state index >= 15 is 0 Å². The zero-order valence-electron chi connectivity index (χ0n) is 12.8. The number of ether oxygens (including phenoxy) is 2. The van der Waals surface area contributed by atoms with Crippen LogP contribution < -0.4 is 5.32 Å². The molecule has 0 atom stereocenters. The molecule has 0 saturated carbocycles. The van der Waals surface area contributed by atoms with Crippen molar-refractivity contribution in [1.29, 1.82) is 0 Å². The Hall–Kier alpha value is -0.160. The smallest absolute Gasteiger partial charge is 0.0491 e. The van der Waals surface area contributed by atoms with E-state index in [1.807, 2.05) is 14.0 Å². The van der Waals surface area contributed by atoms with Crippen LogP contribution in [0.5, 0.6) is 0 Å². The van der Waals surface area contributed by atoms with Gasteiger partial charge in [-0.2, -0.15) is 0 Å². The summed E-state index contributed by atoms with van der Waals surface area (Å²) in [4.78, 5) is 2.57. The Morgan fingerprint density at radius 3 is 2.63 bits per heavy atom. The van der Waals surface area contributed by atoms with Gasteiger partial charge in [-0.1, -0.05) is 0 Å². The first-order valence-electron chi connectivity index (χ1n) is 7.86. The van der Waals surface area contributed by atoms with Gasteiger partial charge in [-0.05, 0) is 58.2 Å². The second-order valence-electron chi connectivity index (χ2n) is 5.39. The quantitative estimate of drug-likeness (QED) is 0.581. The lowest BCUT2D eigenvalue weighted by molar-refractivity contribution is 0.0998. The number of nitrogens with zero attached hydrogens (tertiary/aromatic N) is 1. The third kappa shape index (κ3) is 8.58. The summed E-state index contributed by atoms with van der Waals surface area (Å²) >= 11 is 0. The molecular formula is C15H32N2O2. The van der Waals surface area contributed by atoms with E-state index in [2.05, 4.69) is 10.2 Å². The molecule has 1 saturated heterocycles. The molecule has 19 heavy (non-hydrogen) atoms. The molecule has 1 fully saturated rings. The molecule has 114 valence electrons. The van der Waals surface area contributed by atoms with Crippen LogP contribution in [-0.2, 0) is 9.47 Å². The summed E-state index contributed by atoms with van der Waals surface area (Å²) in [7, 11) is 1.81. The third-order valence-electron chi connectivity index (χ3n) is 3.81. The molecule has 0 aliphatic carbocycles. The fourth-order valence-electron chi connectivity index (χ4n) is 2.57. The lowest BCUT2D eigenvalue weighted by Gasteiger charge is -2.31. The summed E-state index contributed by atoms with van der Waals surface area (Å²) in [5, 5.41) is 3.52. The fraction of sp³-hybridized carbons (Fsp3) is 1.00. The Morgan fingerprint density at radius 2 is 1.95 bits per heavy atom. The zero-order chi connectivity index (χ0) is 13.8. The van der Waals surface area contributed by atoms with Crippen LogP contribution in [0.4, 0.5) is 0 Å². The van der Waals surface area contributed by atoms with Gasteiger partial charge in [0.15, 0.2) is 0 Å². The normalized spacial score (nSPS) is 18.0. The van der Waals surface area contributed by atoms with Crippen molar-refractivity contribution in [3.05, 3.63) is 0 Å². The van der Waals surface area contributed by atoms with E-state index in [9.17, 15) is 0 Å². The summed E-state index contributed by atoms with van der Waals surface area (Å²) in [5.74, 6) is 0.785. The van der Waals surface area contributed by atoms with Crippen LogP contribution in [0.3, 0.4) is 0 Å². The van der Waals surface area contributed by atoms with Crippen molar-refractivity contribution in [2.45, 2.75) is 32.6 Å². The van der Waals surface area contributed by atoms with E-state index in [0.29, 0.717) is 0 Å². The number of methoxy groups -OCH3 is 1. The Balaban J connectivity index is 1.85. The summed E-state index contributed by atoms with van der Waals surface area (Å²) < 4.78 is 10.5. The molecule has 4 heteroatoms. The van der Waals surface area contributed by atoms with E-state index in [1.54, 1.807) is 0 Å². The van der Waals surface area contributed by atoms with Crippen LogP contribution in [-0.4, -0.2) is 64.6 Å². The Labute approximate surface area is 118 Å². The molecule has 0 spiro atoms. The number of nitrogens with one attached hydrogen (secondary N) is 1. The fourth-order valence-corrected chi connectivity index (χ4v) is 2.57. The molecule has 0 radical (unpaired) electrons. The van der Waals surface area contributed by atoms with Crippen LogP contribution in [0.2, 0.25) is 0 Å². The molecule has 0 bridgehead atoms. The van der Waals surface area contributed by atoms with Crippen molar-refractivity contribution in [1.82, 2.24) is 10.2 Å². The van der Waals surface area contributed by atoms with Crippen molar-refractivity contribution in [3.63, 3.8) is 0 Å². The minimum atomic E-state index is 0.785. The van der Waals surface area contributed by atoms with Gasteiger partial charge in [0, 0.05) is 40.0 Å². The van der Waals surface area contributed by atoms with Gasteiger partial charge < -0.3 is 19.7 Å². The average molecular weight is 272 g/mol. The van der Waals surface area contributed by atoms with Gasteiger partial charge in [0.2, 0.25) is 0 Å². The SMILES string of the molecule is CCOCCCCNCCN1CCC(COC)CC1. The second kappa shape index (κ2) is 11.6. The van der Waals surface area contributed by atoms with Gasteiger partial charge in [0.25, 0.3) is 0 Å². The van der Waals surface area contributed by atoms with Crippen molar-refractivity contribution in [2.24, 2.45) is 5.92 Å². The maximum Gasteiger partial charge on any atom is 0.0491 e. The van der Waals surface area contributed by atoms with Gasteiger partial charge in [-0.15, -0.1) is 0 Å². The molecule has 0 aromatic carbocycles. The summed E-state index contributed by atoms with van der Waals surface area (Å²) in [6.07, 6.45) is 4.98.